The van der Waals surface area contributed by atoms with Gasteiger partial charge in [0.1, 0.15) is 0 Å². The Bertz CT molecular complexity index is 4300. The van der Waals surface area contributed by atoms with E-state index < -0.39 is 114 Å². The second-order valence-corrected chi connectivity index (χ2v) is 14.0. The molecule has 11 aromatic rings. The Labute approximate surface area is 378 Å². The topological polar surface area (TPSA) is 43.6 Å². The number of rotatable bonds is 8. The number of hydrogen-bond donors (Lipinski definition) is 0. The average Bonchev–Trinajstić information content (AvgIpc) is 3.89. The van der Waals surface area contributed by atoms with Crippen molar-refractivity contribution in [1.82, 2.24) is 19.5 Å². The summed E-state index contributed by atoms with van der Waals surface area (Å²) in [5, 5.41) is -0.510. The van der Waals surface area contributed by atoms with Crippen molar-refractivity contribution in [2.45, 2.75) is 0 Å². The van der Waals surface area contributed by atoms with Gasteiger partial charge in [0.05, 0.1) is 40.0 Å². The highest BCUT2D eigenvalue weighted by Gasteiger charge is 2.21. The molecular weight excluding hydrogens is 741 g/mol. The first-order chi connectivity index (χ1) is 37.3. The van der Waals surface area contributed by atoms with Gasteiger partial charge >= 0.3 is 0 Å². The summed E-state index contributed by atoms with van der Waals surface area (Å²) in [7, 11) is 0. The van der Waals surface area contributed by atoms with E-state index in [1.165, 1.54) is 4.57 Å². The summed E-state index contributed by atoms with van der Waals surface area (Å²) in [5.41, 5.74) is 2.99. The predicted octanol–water partition coefficient (Wildman–Crippen LogP) is 14.6. The van der Waals surface area contributed by atoms with Gasteiger partial charge in [-0.15, -0.1) is 0 Å². The molecule has 0 fully saturated rings. The molecule has 0 N–H and O–H groups in total. The Hall–Kier alpha value is -8.21. The van der Waals surface area contributed by atoms with Crippen LogP contribution in [0.5, 0.6) is 0 Å². The lowest BCUT2D eigenvalue weighted by Gasteiger charge is -2.17. The minimum atomic E-state index is -0.747. The van der Waals surface area contributed by atoms with Crippen LogP contribution in [0.2, 0.25) is 0 Å². The van der Waals surface area contributed by atoms with Crippen LogP contribution in [-0.4, -0.2) is 19.5 Å². The molecule has 9 aromatic carbocycles. The largest absolute Gasteiger partial charge is 0.309 e. The molecule has 0 spiro atoms. The molecule has 0 aliphatic carbocycles. The molecule has 0 unspecified atom stereocenters. The maximum absolute atomic E-state index is 9.80. The third-order valence-corrected chi connectivity index (χ3v) is 10.3. The number of benzene rings is 9. The van der Waals surface area contributed by atoms with Gasteiger partial charge in [-0.25, -0.2) is 15.0 Å². The van der Waals surface area contributed by atoms with Crippen LogP contribution >= 0.6 is 0 Å². The summed E-state index contributed by atoms with van der Waals surface area (Å²) in [4.78, 5) is 15.2. The fourth-order valence-electron chi connectivity index (χ4n) is 7.40. The zero-order valence-electron chi connectivity index (χ0n) is 48.9. The van der Waals surface area contributed by atoms with E-state index in [1.807, 2.05) is 84.9 Å². The zero-order valence-corrected chi connectivity index (χ0v) is 31.9. The van der Waals surface area contributed by atoms with Gasteiger partial charge in [0.15, 0.2) is 17.5 Å². The maximum atomic E-state index is 9.80. The standard InChI is InChI=1S/C57H38N4/c1-5-17-39(18-6-1)43-25-15-27-45(35-43)47-32-34-54(61-52-30-14-13-29-49(52)50-37-46(31-33-53(50)61)41-21-9-3-10-22-41)51(38-47)57-59-55(42-23-11-4-12-24-42)58-56(60-57)48-28-16-26-44(36-48)40-19-7-2-8-20-40/h1-38H/i1D,3D,5D,6D,9D,10D,13D,14D,17D,18D,21D,22D,29D,30D,31D,33D,37D. The number of hydrogen-bond acceptors (Lipinski definition) is 3. The summed E-state index contributed by atoms with van der Waals surface area (Å²) in [6, 6.07) is 27.4. The summed E-state index contributed by atoms with van der Waals surface area (Å²) >= 11 is 0. The van der Waals surface area contributed by atoms with Gasteiger partial charge < -0.3 is 4.57 Å². The van der Waals surface area contributed by atoms with Crippen LogP contribution in [0.15, 0.2) is 230 Å². The Kier molecular flexibility index (Phi) is 5.66. The summed E-state index contributed by atoms with van der Waals surface area (Å²) in [5.74, 6) is 0.486. The molecule has 0 atom stereocenters. The normalized spacial score (nSPS) is 15.2. The molecule has 0 bridgehead atoms. The van der Waals surface area contributed by atoms with Gasteiger partial charge in [-0.05, 0) is 86.9 Å². The molecule has 2 aromatic heterocycles. The molecule has 4 heteroatoms. The summed E-state index contributed by atoms with van der Waals surface area (Å²) < 4.78 is 152. The summed E-state index contributed by atoms with van der Waals surface area (Å²) in [6.07, 6.45) is 0. The highest BCUT2D eigenvalue weighted by Crippen LogP contribution is 2.40. The van der Waals surface area contributed by atoms with Gasteiger partial charge in [0, 0.05) is 27.5 Å². The molecule has 0 amide bonds. The lowest BCUT2D eigenvalue weighted by Crippen LogP contribution is -2.04. The molecule has 11 rings (SSSR count). The van der Waals surface area contributed by atoms with E-state index in [-0.39, 0.29) is 56.1 Å². The van der Waals surface area contributed by atoms with Crippen molar-refractivity contribution >= 4 is 21.8 Å². The van der Waals surface area contributed by atoms with E-state index in [1.54, 1.807) is 42.5 Å². The molecule has 0 aliphatic rings. The van der Waals surface area contributed by atoms with Crippen LogP contribution < -0.4 is 0 Å². The molecule has 0 radical (unpaired) electrons. The first kappa shape index (κ1) is 22.2. The molecular formula is C57H38N4. The van der Waals surface area contributed by atoms with Crippen LogP contribution in [0.4, 0.5) is 0 Å². The van der Waals surface area contributed by atoms with Crippen LogP contribution in [0.25, 0.3) is 106 Å². The fourth-order valence-corrected chi connectivity index (χ4v) is 7.40. The monoisotopic (exact) mass is 795 g/mol. The molecule has 286 valence electrons. The van der Waals surface area contributed by atoms with Crippen LogP contribution in [0.3, 0.4) is 0 Å². The SMILES string of the molecule is [2H]c1c([2H])c([2H])c(-c2cccc(-c3ccc(-n4c5c([2H])c([2H])c([2H])c([2H])c5c5c([2H])c(-c6c([2H])c([2H])c([2H])c([2H])c6[2H])c([2H])c([2H])c54)c(-c4nc(-c5ccccc5)nc(-c5cccc(-c6ccccc6)c5)n4)c3)c2)c([2H])c1[2H]. The number of nitrogens with zero attached hydrogens (tertiary/aromatic N) is 4. The van der Waals surface area contributed by atoms with Gasteiger partial charge in [0.2, 0.25) is 0 Å². The van der Waals surface area contributed by atoms with Crippen molar-refractivity contribution in [1.29, 1.82) is 0 Å². The van der Waals surface area contributed by atoms with Gasteiger partial charge in [-0.3, -0.25) is 0 Å². The van der Waals surface area contributed by atoms with Crippen LogP contribution in [0.1, 0.15) is 23.3 Å². The van der Waals surface area contributed by atoms with E-state index >= 15 is 0 Å². The third kappa shape index (κ3) is 6.86. The first-order valence-corrected chi connectivity index (χ1v) is 19.2. The van der Waals surface area contributed by atoms with Gasteiger partial charge in [0.25, 0.3) is 0 Å². The number of para-hydroxylation sites is 1. The maximum Gasteiger partial charge on any atom is 0.166 e. The van der Waals surface area contributed by atoms with E-state index in [0.29, 0.717) is 27.8 Å². The molecule has 0 saturated carbocycles. The van der Waals surface area contributed by atoms with Crippen molar-refractivity contribution in [2.24, 2.45) is 0 Å². The predicted molar refractivity (Wildman–Crippen MR) is 252 cm³/mol. The van der Waals surface area contributed by atoms with Crippen LogP contribution in [-0.2, 0) is 0 Å². The highest BCUT2D eigenvalue weighted by molar-refractivity contribution is 6.11. The van der Waals surface area contributed by atoms with Crippen molar-refractivity contribution in [2.75, 3.05) is 0 Å². The second kappa shape index (κ2) is 15.5. The smallest absolute Gasteiger partial charge is 0.166 e. The first-order valence-electron chi connectivity index (χ1n) is 27.7. The Morgan fingerprint density at radius 3 is 1.56 bits per heavy atom. The van der Waals surface area contributed by atoms with E-state index in [4.69, 9.17) is 31.4 Å². The lowest BCUT2D eigenvalue weighted by atomic mass is 9.97. The highest BCUT2D eigenvalue weighted by atomic mass is 15.1. The van der Waals surface area contributed by atoms with Gasteiger partial charge in [-0.1, -0.05) is 188 Å². The van der Waals surface area contributed by atoms with Crippen molar-refractivity contribution in [3.63, 3.8) is 0 Å². The fraction of sp³-hybridized carbons (Fsp3) is 0. The molecule has 4 nitrogen and oxygen atoms in total. The Balaban J connectivity index is 1.27. The van der Waals surface area contributed by atoms with Crippen molar-refractivity contribution in [3.05, 3.63) is 230 Å². The molecule has 2 heterocycles. The summed E-state index contributed by atoms with van der Waals surface area (Å²) in [6.45, 7) is 0. The van der Waals surface area contributed by atoms with Gasteiger partial charge in [-0.2, -0.15) is 0 Å². The molecule has 0 saturated heterocycles. The number of aromatic nitrogens is 4. The van der Waals surface area contributed by atoms with Crippen molar-refractivity contribution < 1.29 is 23.3 Å². The lowest BCUT2D eigenvalue weighted by molar-refractivity contribution is 1.06. The van der Waals surface area contributed by atoms with Crippen LogP contribution in [0, 0.1) is 0 Å². The molecule has 0 aliphatic heterocycles. The minimum Gasteiger partial charge on any atom is -0.309 e. The van der Waals surface area contributed by atoms with E-state index in [9.17, 15) is 6.85 Å². The Morgan fingerprint density at radius 1 is 0.328 bits per heavy atom. The second-order valence-electron chi connectivity index (χ2n) is 14.0. The molecule has 61 heavy (non-hydrogen) atoms. The van der Waals surface area contributed by atoms with E-state index in [2.05, 4.69) is 0 Å². The van der Waals surface area contributed by atoms with E-state index in [0.717, 1.165) is 11.1 Å². The average molecular weight is 796 g/mol. The Morgan fingerprint density at radius 2 is 0.836 bits per heavy atom. The number of fused-ring (bicyclic) bond motifs is 3. The zero-order chi connectivity index (χ0) is 55.3. The third-order valence-electron chi connectivity index (χ3n) is 10.3. The van der Waals surface area contributed by atoms with Crippen molar-refractivity contribution in [3.8, 4) is 84.4 Å². The quantitative estimate of drug-likeness (QED) is 0.154. The minimum absolute atomic E-state index is 0.0258.